The first kappa shape index (κ1) is 15.5. The SMILES string of the molecule is Cc1nc(CCc2ccc(CCOC(=O)NN)cc2)cs1. The van der Waals surface area contributed by atoms with Gasteiger partial charge in [0, 0.05) is 11.8 Å². The zero-order chi connectivity index (χ0) is 15.1. The lowest BCUT2D eigenvalue weighted by Gasteiger charge is -2.05. The molecule has 0 atom stereocenters. The van der Waals surface area contributed by atoms with Crippen molar-refractivity contribution in [1.82, 2.24) is 10.4 Å². The Morgan fingerprint density at radius 3 is 2.48 bits per heavy atom. The first-order valence-electron chi connectivity index (χ1n) is 6.79. The standard InChI is InChI=1S/C15H19N3O2S/c1-11-17-14(10-21-11)7-6-12-2-4-13(5-3-12)8-9-20-15(19)18-16/h2-5,10H,6-9,16H2,1H3,(H,18,19). The van der Waals surface area contributed by atoms with E-state index < -0.39 is 6.09 Å². The molecule has 0 saturated heterocycles. The third-order valence-corrected chi connectivity index (χ3v) is 3.92. The van der Waals surface area contributed by atoms with Gasteiger partial charge >= 0.3 is 6.09 Å². The van der Waals surface area contributed by atoms with E-state index in [-0.39, 0.29) is 0 Å². The molecular formula is C15H19N3O2S. The number of rotatable bonds is 6. The van der Waals surface area contributed by atoms with Gasteiger partial charge in [-0.1, -0.05) is 24.3 Å². The summed E-state index contributed by atoms with van der Waals surface area (Å²) in [6.07, 6.45) is 2.02. The highest BCUT2D eigenvalue weighted by Crippen LogP contribution is 2.12. The fourth-order valence-electron chi connectivity index (χ4n) is 1.97. The van der Waals surface area contributed by atoms with Crippen LogP contribution in [0.15, 0.2) is 29.6 Å². The lowest BCUT2D eigenvalue weighted by atomic mass is 10.1. The van der Waals surface area contributed by atoms with Crippen LogP contribution < -0.4 is 11.3 Å². The average molecular weight is 305 g/mol. The molecule has 0 saturated carbocycles. The molecule has 0 aliphatic heterocycles. The third-order valence-electron chi connectivity index (χ3n) is 3.10. The van der Waals surface area contributed by atoms with Gasteiger partial charge in [0.05, 0.1) is 17.3 Å². The van der Waals surface area contributed by atoms with E-state index in [4.69, 9.17) is 10.6 Å². The molecule has 0 aliphatic carbocycles. The van der Waals surface area contributed by atoms with Crippen LogP contribution in [0, 0.1) is 6.92 Å². The second kappa shape index (κ2) is 7.75. The van der Waals surface area contributed by atoms with Crippen LogP contribution >= 0.6 is 11.3 Å². The van der Waals surface area contributed by atoms with E-state index in [1.807, 2.05) is 12.3 Å². The molecule has 1 amide bonds. The second-order valence-corrected chi connectivity index (χ2v) is 5.77. The Hall–Kier alpha value is -1.92. The Morgan fingerprint density at radius 1 is 1.24 bits per heavy atom. The number of ether oxygens (including phenoxy) is 1. The number of amides is 1. The van der Waals surface area contributed by atoms with E-state index >= 15 is 0 Å². The van der Waals surface area contributed by atoms with Crippen molar-refractivity contribution in [2.24, 2.45) is 5.84 Å². The number of hydrogen-bond acceptors (Lipinski definition) is 5. The molecule has 21 heavy (non-hydrogen) atoms. The van der Waals surface area contributed by atoms with Gasteiger partial charge in [-0.15, -0.1) is 11.3 Å². The number of carbonyl (C=O) groups is 1. The maximum atomic E-state index is 10.8. The number of aryl methyl sites for hydroxylation is 3. The minimum Gasteiger partial charge on any atom is -0.448 e. The Balaban J connectivity index is 1.77. The highest BCUT2D eigenvalue weighted by atomic mass is 32.1. The molecular weight excluding hydrogens is 286 g/mol. The molecule has 5 nitrogen and oxygen atoms in total. The molecule has 1 aromatic heterocycles. The smallest absolute Gasteiger partial charge is 0.421 e. The van der Waals surface area contributed by atoms with E-state index in [1.165, 1.54) is 5.56 Å². The fraction of sp³-hybridized carbons (Fsp3) is 0.333. The summed E-state index contributed by atoms with van der Waals surface area (Å²) in [5.74, 6) is 4.93. The number of carbonyl (C=O) groups excluding carboxylic acids is 1. The van der Waals surface area contributed by atoms with Gasteiger partial charge in [0.15, 0.2) is 0 Å². The second-order valence-electron chi connectivity index (χ2n) is 4.70. The number of nitrogens with one attached hydrogen (secondary N) is 1. The molecule has 0 bridgehead atoms. The van der Waals surface area contributed by atoms with E-state index in [1.54, 1.807) is 11.3 Å². The predicted molar refractivity (Wildman–Crippen MR) is 83.1 cm³/mol. The van der Waals surface area contributed by atoms with Gasteiger partial charge in [-0.3, -0.25) is 5.43 Å². The van der Waals surface area contributed by atoms with Crippen molar-refractivity contribution in [3.8, 4) is 0 Å². The van der Waals surface area contributed by atoms with Crippen LogP contribution in [0.3, 0.4) is 0 Å². The molecule has 0 fully saturated rings. The summed E-state index contributed by atoms with van der Waals surface area (Å²) in [5, 5.41) is 3.23. The van der Waals surface area contributed by atoms with Crippen molar-refractivity contribution in [3.63, 3.8) is 0 Å². The summed E-state index contributed by atoms with van der Waals surface area (Å²) in [5.41, 5.74) is 5.50. The van der Waals surface area contributed by atoms with Crippen molar-refractivity contribution in [2.45, 2.75) is 26.2 Å². The molecule has 0 radical (unpaired) electrons. The highest BCUT2D eigenvalue weighted by Gasteiger charge is 2.01. The molecule has 2 rings (SSSR count). The van der Waals surface area contributed by atoms with E-state index in [9.17, 15) is 4.79 Å². The molecule has 2 aromatic rings. The Labute approximate surface area is 128 Å². The molecule has 1 aromatic carbocycles. The first-order valence-corrected chi connectivity index (χ1v) is 7.67. The van der Waals surface area contributed by atoms with Gasteiger partial charge in [-0.25, -0.2) is 15.6 Å². The van der Waals surface area contributed by atoms with E-state index in [0.29, 0.717) is 13.0 Å². The molecule has 0 aliphatic rings. The van der Waals surface area contributed by atoms with E-state index in [0.717, 1.165) is 29.1 Å². The highest BCUT2D eigenvalue weighted by molar-refractivity contribution is 7.09. The molecule has 1 heterocycles. The summed E-state index contributed by atoms with van der Waals surface area (Å²) in [6, 6.07) is 8.34. The fourth-order valence-corrected chi connectivity index (χ4v) is 2.62. The van der Waals surface area contributed by atoms with Crippen LogP contribution in [0.2, 0.25) is 0 Å². The van der Waals surface area contributed by atoms with Crippen molar-refractivity contribution >= 4 is 17.4 Å². The predicted octanol–water partition coefficient (Wildman–Crippen LogP) is 2.38. The molecule has 112 valence electrons. The number of thiazole rings is 1. The normalized spacial score (nSPS) is 10.4. The minimum absolute atomic E-state index is 0.320. The van der Waals surface area contributed by atoms with Gasteiger partial charge in [0.2, 0.25) is 0 Å². The number of nitrogens with two attached hydrogens (primary N) is 1. The number of aromatic nitrogens is 1. The maximum absolute atomic E-state index is 10.8. The van der Waals surface area contributed by atoms with Gasteiger partial charge in [0.1, 0.15) is 0 Å². The summed E-state index contributed by atoms with van der Waals surface area (Å²) >= 11 is 1.69. The van der Waals surface area contributed by atoms with Gasteiger partial charge in [-0.05, 0) is 30.9 Å². The largest absolute Gasteiger partial charge is 0.448 e. The van der Waals surface area contributed by atoms with Crippen LogP contribution in [-0.2, 0) is 24.0 Å². The van der Waals surface area contributed by atoms with Crippen LogP contribution in [0.25, 0.3) is 0 Å². The first-order chi connectivity index (χ1) is 10.2. The van der Waals surface area contributed by atoms with Crippen LogP contribution in [0.5, 0.6) is 0 Å². The number of hydrazine groups is 1. The quantitative estimate of drug-likeness (QED) is 0.488. The maximum Gasteiger partial charge on any atom is 0.421 e. The van der Waals surface area contributed by atoms with E-state index in [2.05, 4.69) is 34.6 Å². The van der Waals surface area contributed by atoms with Gasteiger partial charge < -0.3 is 4.74 Å². The van der Waals surface area contributed by atoms with Crippen molar-refractivity contribution in [3.05, 3.63) is 51.5 Å². The van der Waals surface area contributed by atoms with Crippen molar-refractivity contribution in [1.29, 1.82) is 0 Å². The monoisotopic (exact) mass is 305 g/mol. The van der Waals surface area contributed by atoms with Crippen molar-refractivity contribution in [2.75, 3.05) is 6.61 Å². The summed E-state index contributed by atoms with van der Waals surface area (Å²) < 4.78 is 4.85. The van der Waals surface area contributed by atoms with Crippen molar-refractivity contribution < 1.29 is 9.53 Å². The average Bonchev–Trinajstić information content (AvgIpc) is 2.92. The zero-order valence-electron chi connectivity index (χ0n) is 12.0. The van der Waals surface area contributed by atoms with Crippen LogP contribution in [0.1, 0.15) is 21.8 Å². The Kier molecular flexibility index (Phi) is 5.71. The Bertz CT molecular complexity index is 581. The number of hydrogen-bond donors (Lipinski definition) is 2. The lowest BCUT2D eigenvalue weighted by Crippen LogP contribution is -2.31. The number of benzene rings is 1. The molecule has 0 unspecified atom stereocenters. The van der Waals surface area contributed by atoms with Gasteiger partial charge in [-0.2, -0.15) is 0 Å². The molecule has 6 heteroatoms. The topological polar surface area (TPSA) is 77.2 Å². The lowest BCUT2D eigenvalue weighted by molar-refractivity contribution is 0.147. The molecule has 0 spiro atoms. The zero-order valence-corrected chi connectivity index (χ0v) is 12.8. The summed E-state index contributed by atoms with van der Waals surface area (Å²) in [4.78, 5) is 15.3. The Morgan fingerprint density at radius 2 is 1.90 bits per heavy atom. The third kappa shape index (κ3) is 5.17. The van der Waals surface area contributed by atoms with Gasteiger partial charge in [0.25, 0.3) is 0 Å². The molecule has 3 N–H and O–H groups in total. The summed E-state index contributed by atoms with van der Waals surface area (Å²) in [6.45, 7) is 2.34. The minimum atomic E-state index is -0.606. The summed E-state index contributed by atoms with van der Waals surface area (Å²) in [7, 11) is 0. The number of nitrogens with zero attached hydrogens (tertiary/aromatic N) is 1. The van der Waals surface area contributed by atoms with Crippen LogP contribution in [-0.4, -0.2) is 17.7 Å². The van der Waals surface area contributed by atoms with Crippen LogP contribution in [0.4, 0.5) is 4.79 Å².